The number of anilines is 1. The molecule has 0 bridgehead atoms. The summed E-state index contributed by atoms with van der Waals surface area (Å²) in [5.41, 5.74) is 0.610. The molecule has 9 nitrogen and oxygen atoms in total. The second-order valence-electron chi connectivity index (χ2n) is 7.43. The summed E-state index contributed by atoms with van der Waals surface area (Å²) < 4.78 is 16.3. The van der Waals surface area contributed by atoms with E-state index in [2.05, 4.69) is 15.5 Å². The fourth-order valence-corrected chi connectivity index (χ4v) is 4.25. The number of benzene rings is 1. The lowest BCUT2D eigenvalue weighted by Crippen LogP contribution is -2.53. The van der Waals surface area contributed by atoms with E-state index in [4.69, 9.17) is 14.2 Å². The van der Waals surface area contributed by atoms with Crippen LogP contribution < -0.4 is 15.4 Å². The lowest BCUT2D eigenvalue weighted by Gasteiger charge is -2.34. The molecule has 2 aliphatic rings. The molecule has 2 amide bonds. The molecule has 4 N–H and O–H groups in total. The molecule has 3 rings (SSSR count). The summed E-state index contributed by atoms with van der Waals surface area (Å²) in [7, 11) is 3.23. The van der Waals surface area contributed by atoms with Crippen molar-refractivity contribution in [3.8, 4) is 5.75 Å². The number of hydrogen-bond donors (Lipinski definition) is 4. The van der Waals surface area contributed by atoms with E-state index in [9.17, 15) is 15.0 Å². The number of urea groups is 1. The number of methoxy groups -OCH3 is 2. The van der Waals surface area contributed by atoms with Gasteiger partial charge in [-0.1, -0.05) is 6.07 Å². The van der Waals surface area contributed by atoms with Crippen LogP contribution in [-0.4, -0.2) is 92.1 Å². The van der Waals surface area contributed by atoms with Crippen molar-refractivity contribution in [2.45, 2.75) is 43.2 Å². The van der Waals surface area contributed by atoms with Crippen molar-refractivity contribution < 1.29 is 29.2 Å². The van der Waals surface area contributed by atoms with E-state index >= 15 is 0 Å². The first kappa shape index (κ1) is 21.8. The van der Waals surface area contributed by atoms with Crippen molar-refractivity contribution in [1.29, 1.82) is 0 Å². The number of amides is 2. The van der Waals surface area contributed by atoms with Gasteiger partial charge < -0.3 is 35.1 Å². The first-order valence-electron chi connectivity index (χ1n) is 9.95. The Balaban J connectivity index is 1.61. The van der Waals surface area contributed by atoms with Gasteiger partial charge in [0, 0.05) is 31.5 Å². The van der Waals surface area contributed by atoms with Crippen molar-refractivity contribution >= 4 is 11.7 Å². The number of hydrogen-bond acceptors (Lipinski definition) is 7. The van der Waals surface area contributed by atoms with E-state index in [1.807, 2.05) is 0 Å². The Kier molecular flexibility index (Phi) is 7.68. The lowest BCUT2D eigenvalue weighted by atomic mass is 10.0. The summed E-state index contributed by atoms with van der Waals surface area (Å²) in [6.07, 6.45) is 0.0629. The normalized spacial score (nSPS) is 29.7. The monoisotopic (exact) mass is 409 g/mol. The summed E-state index contributed by atoms with van der Waals surface area (Å²) in [5, 5.41) is 25.8. The third-order valence-electron chi connectivity index (χ3n) is 5.60. The summed E-state index contributed by atoms with van der Waals surface area (Å²) in [6, 6.07) is 6.57. The van der Waals surface area contributed by atoms with Crippen LogP contribution in [0.25, 0.3) is 0 Å². The molecular formula is C20H31N3O6. The number of rotatable bonds is 8. The maximum absolute atomic E-state index is 12.3. The predicted molar refractivity (Wildman–Crippen MR) is 107 cm³/mol. The molecule has 2 aliphatic heterocycles. The van der Waals surface area contributed by atoms with Crippen LogP contribution in [0, 0.1) is 0 Å². The zero-order valence-electron chi connectivity index (χ0n) is 16.9. The van der Waals surface area contributed by atoms with Crippen LogP contribution in [0.4, 0.5) is 10.5 Å². The summed E-state index contributed by atoms with van der Waals surface area (Å²) in [4.78, 5) is 14.5. The minimum Gasteiger partial charge on any atom is -0.497 e. The molecule has 9 heteroatoms. The third kappa shape index (κ3) is 5.18. The topological polar surface area (TPSA) is 113 Å². The van der Waals surface area contributed by atoms with Gasteiger partial charge >= 0.3 is 6.03 Å². The van der Waals surface area contributed by atoms with Crippen molar-refractivity contribution in [2.75, 3.05) is 45.8 Å². The van der Waals surface area contributed by atoms with Gasteiger partial charge in [0.2, 0.25) is 0 Å². The van der Waals surface area contributed by atoms with Gasteiger partial charge in [-0.25, -0.2) is 4.79 Å². The van der Waals surface area contributed by atoms with Crippen LogP contribution in [-0.2, 0) is 9.47 Å². The molecule has 0 aromatic heterocycles. The van der Waals surface area contributed by atoms with Crippen LogP contribution in [0.2, 0.25) is 0 Å². The van der Waals surface area contributed by atoms with Gasteiger partial charge in [-0.05, 0) is 31.5 Å². The highest BCUT2D eigenvalue weighted by molar-refractivity contribution is 5.89. The van der Waals surface area contributed by atoms with Crippen LogP contribution in [0.3, 0.4) is 0 Å². The van der Waals surface area contributed by atoms with Crippen molar-refractivity contribution in [2.24, 2.45) is 0 Å². The molecule has 29 heavy (non-hydrogen) atoms. The second-order valence-corrected chi connectivity index (χ2v) is 7.43. The molecule has 2 fully saturated rings. The van der Waals surface area contributed by atoms with Crippen molar-refractivity contribution in [3.63, 3.8) is 0 Å². The van der Waals surface area contributed by atoms with E-state index in [1.54, 1.807) is 38.5 Å². The highest BCUT2D eigenvalue weighted by atomic mass is 16.5. The Morgan fingerprint density at radius 3 is 2.90 bits per heavy atom. The molecule has 2 heterocycles. The van der Waals surface area contributed by atoms with Crippen LogP contribution >= 0.6 is 0 Å². The van der Waals surface area contributed by atoms with E-state index in [0.717, 1.165) is 19.4 Å². The van der Waals surface area contributed by atoms with Crippen LogP contribution in [0.5, 0.6) is 5.75 Å². The number of ether oxygens (including phenoxy) is 3. The summed E-state index contributed by atoms with van der Waals surface area (Å²) >= 11 is 0. The number of aliphatic hydroxyl groups excluding tert-OH is 2. The van der Waals surface area contributed by atoms with E-state index in [-0.39, 0.29) is 31.3 Å². The number of nitrogens with zero attached hydrogens (tertiary/aromatic N) is 1. The van der Waals surface area contributed by atoms with E-state index in [1.165, 1.54) is 0 Å². The average Bonchev–Trinajstić information content (AvgIpc) is 3.30. The Morgan fingerprint density at radius 1 is 1.34 bits per heavy atom. The number of carbonyl (C=O) groups excluding carboxylic acids is 1. The Bertz CT molecular complexity index is 675. The van der Waals surface area contributed by atoms with Crippen molar-refractivity contribution in [1.82, 2.24) is 10.2 Å². The maximum Gasteiger partial charge on any atom is 0.319 e. The standard InChI is InChI=1S/C20H31N3O6/c1-27-12-14-6-4-8-23(14)18-16(29-17(11-24)19(18)25)10-21-20(26)22-13-5-3-7-15(9-13)28-2/h3,5,7,9,14,16-19,24-25H,4,6,8,10-12H2,1-2H3,(H2,21,22,26)/t14-,16-,17+,18+,19-/m1/s1. The minimum atomic E-state index is -0.828. The van der Waals surface area contributed by atoms with Crippen molar-refractivity contribution in [3.05, 3.63) is 24.3 Å². The minimum absolute atomic E-state index is 0.189. The molecule has 1 aromatic carbocycles. The SMILES string of the molecule is COC[C@H]1CCCN1[C@@H]1[C@H](O)[C@H](CO)O[C@@H]1CNC(=O)Nc1cccc(OC)c1. The fourth-order valence-electron chi connectivity index (χ4n) is 4.25. The molecule has 1 aromatic rings. The van der Waals surface area contributed by atoms with Gasteiger partial charge in [0.15, 0.2) is 0 Å². The second kappa shape index (κ2) is 10.2. The molecular weight excluding hydrogens is 378 g/mol. The highest BCUT2D eigenvalue weighted by Crippen LogP contribution is 2.31. The largest absolute Gasteiger partial charge is 0.497 e. The van der Waals surface area contributed by atoms with Gasteiger partial charge in [0.05, 0.1) is 32.5 Å². The molecule has 162 valence electrons. The summed E-state index contributed by atoms with van der Waals surface area (Å²) in [5.74, 6) is 0.647. The molecule has 0 spiro atoms. The smallest absolute Gasteiger partial charge is 0.319 e. The van der Waals surface area contributed by atoms with Gasteiger partial charge in [-0.2, -0.15) is 0 Å². The zero-order valence-corrected chi connectivity index (χ0v) is 16.9. The number of nitrogens with one attached hydrogen (secondary N) is 2. The van der Waals surface area contributed by atoms with Crippen LogP contribution in [0.15, 0.2) is 24.3 Å². The number of likely N-dealkylation sites (tertiary alicyclic amines) is 1. The third-order valence-corrected chi connectivity index (χ3v) is 5.60. The molecule has 0 radical (unpaired) electrons. The van der Waals surface area contributed by atoms with Gasteiger partial charge in [0.25, 0.3) is 0 Å². The fraction of sp³-hybridized carbons (Fsp3) is 0.650. The Labute approximate surface area is 170 Å². The first-order valence-corrected chi connectivity index (χ1v) is 9.95. The molecule has 0 saturated carbocycles. The molecule has 5 atom stereocenters. The average molecular weight is 409 g/mol. The molecule has 2 saturated heterocycles. The highest BCUT2D eigenvalue weighted by Gasteiger charge is 2.48. The zero-order chi connectivity index (χ0) is 20.8. The number of carbonyl (C=O) groups is 1. The predicted octanol–water partition coefficient (Wildman–Crippen LogP) is 0.417. The molecule has 0 aliphatic carbocycles. The Hall–Kier alpha value is -1.91. The summed E-state index contributed by atoms with van der Waals surface area (Å²) in [6.45, 7) is 1.34. The quantitative estimate of drug-likeness (QED) is 0.492. The lowest BCUT2D eigenvalue weighted by molar-refractivity contribution is -0.0205. The Morgan fingerprint density at radius 2 is 2.17 bits per heavy atom. The maximum atomic E-state index is 12.3. The van der Waals surface area contributed by atoms with E-state index < -0.39 is 18.3 Å². The molecule has 0 unspecified atom stereocenters. The van der Waals surface area contributed by atoms with Crippen LogP contribution in [0.1, 0.15) is 12.8 Å². The van der Waals surface area contributed by atoms with Gasteiger partial charge in [0.1, 0.15) is 18.0 Å². The van der Waals surface area contributed by atoms with Gasteiger partial charge in [-0.3, -0.25) is 4.90 Å². The number of aliphatic hydroxyl groups is 2. The van der Waals surface area contributed by atoms with Gasteiger partial charge in [-0.15, -0.1) is 0 Å². The first-order chi connectivity index (χ1) is 14.1. The van der Waals surface area contributed by atoms with E-state index in [0.29, 0.717) is 18.0 Å².